The molecule has 1 amide bonds. The van der Waals surface area contributed by atoms with Crippen LogP contribution in [0.25, 0.3) is 6.08 Å². The molecule has 2 aromatic rings. The number of carbonyl (C=O) groups excluding carboxylic acids is 1. The summed E-state index contributed by atoms with van der Waals surface area (Å²) < 4.78 is 10.7. The smallest absolute Gasteiger partial charge is 0.255 e. The first-order valence-corrected chi connectivity index (χ1v) is 6.64. The maximum absolute atomic E-state index is 12.3. The molecule has 21 heavy (non-hydrogen) atoms. The molecule has 1 heterocycles. The van der Waals surface area contributed by atoms with E-state index in [1.165, 1.54) is 0 Å². The van der Waals surface area contributed by atoms with Crippen molar-refractivity contribution in [1.82, 2.24) is 0 Å². The molecule has 0 aliphatic carbocycles. The second-order valence-corrected chi connectivity index (χ2v) is 4.68. The number of amides is 1. The zero-order valence-corrected chi connectivity index (χ0v) is 11.6. The standard InChI is InChI=1S/C17H15NO3/c1-20-15-7-4-6-14(10-15)18-17(19)13-9-12-5-2-3-8-16(12)21-11-13/h2-10H,11H2,1H3,(H,18,19). The average Bonchev–Trinajstić information content (AvgIpc) is 2.54. The molecule has 0 bridgehead atoms. The summed E-state index contributed by atoms with van der Waals surface area (Å²) in [6.45, 7) is 0.271. The highest BCUT2D eigenvalue weighted by Crippen LogP contribution is 2.26. The van der Waals surface area contributed by atoms with Gasteiger partial charge in [0.05, 0.1) is 12.7 Å². The lowest BCUT2D eigenvalue weighted by atomic mass is 10.1. The van der Waals surface area contributed by atoms with Crippen LogP contribution in [0.1, 0.15) is 5.56 Å². The number of para-hydroxylation sites is 1. The van der Waals surface area contributed by atoms with E-state index in [1.807, 2.05) is 48.5 Å². The van der Waals surface area contributed by atoms with Gasteiger partial charge in [-0.25, -0.2) is 0 Å². The van der Waals surface area contributed by atoms with Gasteiger partial charge in [-0.3, -0.25) is 4.79 Å². The summed E-state index contributed by atoms with van der Waals surface area (Å²) in [6, 6.07) is 14.9. The van der Waals surface area contributed by atoms with Crippen LogP contribution in [-0.2, 0) is 4.79 Å². The van der Waals surface area contributed by atoms with Crippen molar-refractivity contribution in [3.8, 4) is 11.5 Å². The first-order valence-electron chi connectivity index (χ1n) is 6.64. The van der Waals surface area contributed by atoms with Gasteiger partial charge in [-0.05, 0) is 24.3 Å². The number of hydrogen-bond acceptors (Lipinski definition) is 3. The van der Waals surface area contributed by atoms with Gasteiger partial charge in [-0.1, -0.05) is 24.3 Å². The summed E-state index contributed by atoms with van der Waals surface area (Å²) in [5.41, 5.74) is 2.20. The van der Waals surface area contributed by atoms with E-state index in [4.69, 9.17) is 9.47 Å². The van der Waals surface area contributed by atoms with Crippen LogP contribution in [0.4, 0.5) is 5.69 Å². The Morgan fingerprint density at radius 3 is 2.90 bits per heavy atom. The fraction of sp³-hybridized carbons (Fsp3) is 0.118. The Balaban J connectivity index is 1.78. The highest BCUT2D eigenvalue weighted by molar-refractivity contribution is 6.07. The molecular weight excluding hydrogens is 266 g/mol. The number of anilines is 1. The monoisotopic (exact) mass is 281 g/mol. The number of hydrogen-bond donors (Lipinski definition) is 1. The van der Waals surface area contributed by atoms with Gasteiger partial charge in [0.1, 0.15) is 18.1 Å². The summed E-state index contributed by atoms with van der Waals surface area (Å²) in [5.74, 6) is 1.33. The van der Waals surface area contributed by atoms with Gasteiger partial charge >= 0.3 is 0 Å². The molecule has 0 aromatic heterocycles. The van der Waals surface area contributed by atoms with Crippen molar-refractivity contribution in [1.29, 1.82) is 0 Å². The second kappa shape index (κ2) is 5.71. The van der Waals surface area contributed by atoms with E-state index < -0.39 is 0 Å². The molecule has 0 radical (unpaired) electrons. The van der Waals surface area contributed by atoms with E-state index in [0.29, 0.717) is 17.0 Å². The van der Waals surface area contributed by atoms with Crippen LogP contribution in [0.5, 0.6) is 11.5 Å². The van der Waals surface area contributed by atoms with E-state index in [2.05, 4.69) is 5.32 Å². The van der Waals surface area contributed by atoms with Gasteiger partial charge in [0, 0.05) is 17.3 Å². The second-order valence-electron chi connectivity index (χ2n) is 4.68. The summed E-state index contributed by atoms with van der Waals surface area (Å²) >= 11 is 0. The zero-order valence-electron chi connectivity index (χ0n) is 11.6. The van der Waals surface area contributed by atoms with E-state index in [9.17, 15) is 4.79 Å². The summed E-state index contributed by atoms with van der Waals surface area (Å²) in [4.78, 5) is 12.3. The first kappa shape index (κ1) is 13.2. The van der Waals surface area contributed by atoms with Crippen LogP contribution >= 0.6 is 0 Å². The molecule has 106 valence electrons. The van der Waals surface area contributed by atoms with Crippen LogP contribution in [0.15, 0.2) is 54.1 Å². The number of benzene rings is 2. The fourth-order valence-corrected chi connectivity index (χ4v) is 2.16. The predicted octanol–water partition coefficient (Wildman–Crippen LogP) is 3.11. The number of ether oxygens (including phenoxy) is 2. The largest absolute Gasteiger partial charge is 0.497 e. The van der Waals surface area contributed by atoms with E-state index in [0.717, 1.165) is 11.3 Å². The van der Waals surface area contributed by atoms with Crippen LogP contribution < -0.4 is 14.8 Å². The topological polar surface area (TPSA) is 47.6 Å². The summed E-state index contributed by atoms with van der Waals surface area (Å²) in [7, 11) is 1.59. The number of carbonyl (C=O) groups is 1. The Labute approximate surface area is 123 Å². The molecule has 0 atom stereocenters. The minimum atomic E-state index is -0.169. The lowest BCUT2D eigenvalue weighted by Gasteiger charge is -2.17. The fourth-order valence-electron chi connectivity index (χ4n) is 2.16. The molecule has 1 N–H and O–H groups in total. The predicted molar refractivity (Wildman–Crippen MR) is 81.5 cm³/mol. The molecule has 0 saturated carbocycles. The number of fused-ring (bicyclic) bond motifs is 1. The van der Waals surface area contributed by atoms with Gasteiger partial charge in [0.15, 0.2) is 0 Å². The Hall–Kier alpha value is -2.75. The molecule has 1 aliphatic rings. The highest BCUT2D eigenvalue weighted by atomic mass is 16.5. The quantitative estimate of drug-likeness (QED) is 0.940. The van der Waals surface area contributed by atoms with Crippen LogP contribution in [-0.4, -0.2) is 19.6 Å². The summed E-state index contributed by atoms with van der Waals surface area (Å²) in [5, 5.41) is 2.85. The van der Waals surface area contributed by atoms with Crippen molar-refractivity contribution in [2.75, 3.05) is 19.0 Å². The van der Waals surface area contributed by atoms with Crippen molar-refractivity contribution in [2.24, 2.45) is 0 Å². The Kier molecular flexibility index (Phi) is 3.60. The molecule has 2 aromatic carbocycles. The Bertz CT molecular complexity index is 707. The SMILES string of the molecule is COc1cccc(NC(=O)C2=Cc3ccccc3OC2)c1. The normalized spacial score (nSPS) is 12.7. The lowest BCUT2D eigenvalue weighted by Crippen LogP contribution is -2.21. The number of methoxy groups -OCH3 is 1. The van der Waals surface area contributed by atoms with Crippen molar-refractivity contribution in [2.45, 2.75) is 0 Å². The molecule has 3 rings (SSSR count). The van der Waals surface area contributed by atoms with Crippen molar-refractivity contribution in [3.63, 3.8) is 0 Å². The average molecular weight is 281 g/mol. The van der Waals surface area contributed by atoms with Gasteiger partial charge < -0.3 is 14.8 Å². The Morgan fingerprint density at radius 2 is 2.05 bits per heavy atom. The van der Waals surface area contributed by atoms with E-state index in [1.54, 1.807) is 13.2 Å². The third-order valence-corrected chi connectivity index (χ3v) is 3.25. The molecule has 0 spiro atoms. The van der Waals surface area contributed by atoms with Crippen LogP contribution in [0.2, 0.25) is 0 Å². The van der Waals surface area contributed by atoms with Crippen molar-refractivity contribution >= 4 is 17.7 Å². The maximum atomic E-state index is 12.3. The molecule has 4 heteroatoms. The molecule has 0 saturated heterocycles. The molecular formula is C17H15NO3. The van der Waals surface area contributed by atoms with Gasteiger partial charge in [0.25, 0.3) is 5.91 Å². The highest BCUT2D eigenvalue weighted by Gasteiger charge is 2.17. The van der Waals surface area contributed by atoms with Gasteiger partial charge in [0.2, 0.25) is 0 Å². The van der Waals surface area contributed by atoms with Crippen LogP contribution in [0, 0.1) is 0 Å². The third kappa shape index (κ3) is 2.89. The minimum Gasteiger partial charge on any atom is -0.497 e. The lowest BCUT2D eigenvalue weighted by molar-refractivity contribution is -0.113. The summed E-state index contributed by atoms with van der Waals surface area (Å²) in [6.07, 6.45) is 1.86. The number of rotatable bonds is 3. The van der Waals surface area contributed by atoms with Crippen molar-refractivity contribution in [3.05, 3.63) is 59.7 Å². The van der Waals surface area contributed by atoms with E-state index >= 15 is 0 Å². The van der Waals surface area contributed by atoms with Crippen molar-refractivity contribution < 1.29 is 14.3 Å². The minimum absolute atomic E-state index is 0.169. The zero-order chi connectivity index (χ0) is 14.7. The third-order valence-electron chi connectivity index (χ3n) is 3.25. The maximum Gasteiger partial charge on any atom is 0.255 e. The van der Waals surface area contributed by atoms with E-state index in [-0.39, 0.29) is 12.5 Å². The molecule has 1 aliphatic heterocycles. The Morgan fingerprint density at radius 1 is 1.19 bits per heavy atom. The molecule has 0 unspecified atom stereocenters. The molecule has 4 nitrogen and oxygen atoms in total. The first-order chi connectivity index (χ1) is 10.3. The molecule has 0 fully saturated rings. The number of nitrogens with one attached hydrogen (secondary N) is 1. The van der Waals surface area contributed by atoms with Gasteiger partial charge in [-0.2, -0.15) is 0 Å². The van der Waals surface area contributed by atoms with Gasteiger partial charge in [-0.15, -0.1) is 0 Å². The van der Waals surface area contributed by atoms with Crippen LogP contribution in [0.3, 0.4) is 0 Å².